The van der Waals surface area contributed by atoms with Gasteiger partial charge in [0.1, 0.15) is 11.4 Å². The first-order valence-corrected chi connectivity index (χ1v) is 11.4. The van der Waals surface area contributed by atoms with Crippen molar-refractivity contribution in [2.24, 2.45) is 7.05 Å². The highest BCUT2D eigenvalue weighted by Gasteiger charge is 2.34. The minimum absolute atomic E-state index is 0.179. The second-order valence-electron chi connectivity index (χ2n) is 7.36. The van der Waals surface area contributed by atoms with Gasteiger partial charge in [0.15, 0.2) is 5.11 Å². The van der Waals surface area contributed by atoms with E-state index in [-0.39, 0.29) is 5.91 Å². The van der Waals surface area contributed by atoms with Crippen LogP contribution in [0, 0.1) is 6.92 Å². The summed E-state index contributed by atoms with van der Waals surface area (Å²) in [6.45, 7) is 4.85. The molecule has 0 aliphatic carbocycles. The van der Waals surface area contributed by atoms with Gasteiger partial charge in [0, 0.05) is 49.9 Å². The van der Waals surface area contributed by atoms with Crippen molar-refractivity contribution in [3.05, 3.63) is 46.9 Å². The Hall–Kier alpha value is -2.36. The number of hydrogen-bond acceptors (Lipinski definition) is 6. The standard InChI is InChI=1S/C21H25N5O2S2/c1-14-18(13-24(2)23-14)26-20(27)17(22-21(26)29)11-15-4-5-19(28-3)16(10-15)12-25-6-8-30-9-7-25/h4-5,10-11,13H,6-9,12H2,1-3H3,(H,22,29)/b17-11+. The van der Waals surface area contributed by atoms with Crippen LogP contribution < -0.4 is 15.0 Å². The number of nitrogens with one attached hydrogen (secondary N) is 1. The Bertz CT molecular complexity index is 1010. The molecule has 1 aromatic heterocycles. The fourth-order valence-electron chi connectivity index (χ4n) is 3.74. The predicted molar refractivity (Wildman–Crippen MR) is 125 cm³/mol. The lowest BCUT2D eigenvalue weighted by Crippen LogP contribution is -2.32. The molecule has 3 heterocycles. The number of anilines is 1. The molecule has 30 heavy (non-hydrogen) atoms. The van der Waals surface area contributed by atoms with Crippen molar-refractivity contribution >= 4 is 46.8 Å². The number of rotatable bonds is 5. The Morgan fingerprint density at radius 1 is 1.33 bits per heavy atom. The highest BCUT2D eigenvalue weighted by Crippen LogP contribution is 2.27. The monoisotopic (exact) mass is 443 g/mol. The maximum atomic E-state index is 13.0. The molecule has 0 spiro atoms. The second kappa shape index (κ2) is 8.79. The maximum absolute atomic E-state index is 13.0. The van der Waals surface area contributed by atoms with E-state index >= 15 is 0 Å². The number of carbonyl (C=O) groups excluding carboxylic acids is 1. The van der Waals surface area contributed by atoms with Crippen LogP contribution in [-0.4, -0.2) is 57.4 Å². The Morgan fingerprint density at radius 2 is 2.10 bits per heavy atom. The molecule has 2 aliphatic heterocycles. The van der Waals surface area contributed by atoms with E-state index in [1.54, 1.807) is 18.0 Å². The molecule has 158 valence electrons. The number of benzene rings is 1. The third kappa shape index (κ3) is 4.23. The third-order valence-electron chi connectivity index (χ3n) is 5.22. The summed E-state index contributed by atoms with van der Waals surface area (Å²) >= 11 is 7.42. The molecule has 0 saturated carbocycles. The van der Waals surface area contributed by atoms with Gasteiger partial charge in [-0.3, -0.25) is 14.4 Å². The number of ether oxygens (including phenoxy) is 1. The SMILES string of the molecule is COc1ccc(/C=C2/NC(=S)N(c3cn(C)nc3C)C2=O)cc1CN1CCSCC1. The first kappa shape index (κ1) is 20.9. The molecule has 0 atom stereocenters. The number of thiocarbonyl (C=S) groups is 1. The first-order chi connectivity index (χ1) is 14.5. The van der Waals surface area contributed by atoms with Gasteiger partial charge in [-0.2, -0.15) is 16.9 Å². The van der Waals surface area contributed by atoms with Gasteiger partial charge >= 0.3 is 0 Å². The molecule has 0 bridgehead atoms. The molecule has 0 radical (unpaired) electrons. The van der Waals surface area contributed by atoms with E-state index in [4.69, 9.17) is 17.0 Å². The molecule has 2 saturated heterocycles. The van der Waals surface area contributed by atoms with E-state index in [0.29, 0.717) is 16.5 Å². The number of carbonyl (C=O) groups is 1. The van der Waals surface area contributed by atoms with Crippen LogP contribution in [0.5, 0.6) is 5.75 Å². The molecule has 2 aromatic rings. The average Bonchev–Trinajstić information content (AvgIpc) is 3.19. The van der Waals surface area contributed by atoms with Gasteiger partial charge in [-0.1, -0.05) is 6.07 Å². The lowest BCUT2D eigenvalue weighted by atomic mass is 10.1. The van der Waals surface area contributed by atoms with Crippen LogP contribution in [0.2, 0.25) is 0 Å². The molecule has 1 amide bonds. The minimum Gasteiger partial charge on any atom is -0.496 e. The van der Waals surface area contributed by atoms with Gasteiger partial charge in [-0.15, -0.1) is 0 Å². The summed E-state index contributed by atoms with van der Waals surface area (Å²) in [5.41, 5.74) is 3.95. The summed E-state index contributed by atoms with van der Waals surface area (Å²) in [4.78, 5) is 17.0. The highest BCUT2D eigenvalue weighted by atomic mass is 32.2. The molecule has 1 N–H and O–H groups in total. The Morgan fingerprint density at radius 3 is 2.77 bits per heavy atom. The van der Waals surface area contributed by atoms with Crippen LogP contribution in [-0.2, 0) is 18.4 Å². The van der Waals surface area contributed by atoms with Gasteiger partial charge in [0.2, 0.25) is 0 Å². The Balaban J connectivity index is 1.59. The number of aryl methyl sites for hydroxylation is 2. The maximum Gasteiger partial charge on any atom is 0.281 e. The number of hydrogen-bond donors (Lipinski definition) is 1. The summed E-state index contributed by atoms with van der Waals surface area (Å²) in [5, 5.41) is 7.73. The molecular weight excluding hydrogens is 418 g/mol. The zero-order chi connectivity index (χ0) is 21.3. The van der Waals surface area contributed by atoms with Crippen LogP contribution in [0.1, 0.15) is 16.8 Å². The molecular formula is C21H25N5O2S2. The summed E-state index contributed by atoms with van der Waals surface area (Å²) in [5.74, 6) is 3.00. The quantitative estimate of drug-likeness (QED) is 0.563. The van der Waals surface area contributed by atoms with E-state index in [9.17, 15) is 4.79 Å². The normalized spacial score (nSPS) is 18.9. The summed E-state index contributed by atoms with van der Waals surface area (Å²) in [6, 6.07) is 6.00. The van der Waals surface area contributed by atoms with E-state index < -0.39 is 0 Å². The van der Waals surface area contributed by atoms with Crippen molar-refractivity contribution in [1.29, 1.82) is 0 Å². The number of amides is 1. The van der Waals surface area contributed by atoms with Crippen LogP contribution in [0.15, 0.2) is 30.1 Å². The number of nitrogens with zero attached hydrogens (tertiary/aromatic N) is 4. The van der Waals surface area contributed by atoms with Crippen LogP contribution in [0.25, 0.3) is 6.08 Å². The lowest BCUT2D eigenvalue weighted by molar-refractivity contribution is -0.113. The molecule has 2 aliphatic rings. The van der Waals surface area contributed by atoms with Crippen LogP contribution in [0.4, 0.5) is 5.69 Å². The number of aromatic nitrogens is 2. The van der Waals surface area contributed by atoms with E-state index in [2.05, 4.69) is 21.4 Å². The van der Waals surface area contributed by atoms with Gasteiger partial charge in [0.05, 0.1) is 18.5 Å². The van der Waals surface area contributed by atoms with Crippen molar-refractivity contribution in [3.63, 3.8) is 0 Å². The molecule has 0 unspecified atom stereocenters. The Kier molecular flexibility index (Phi) is 6.12. The Labute approximate surface area is 186 Å². The lowest BCUT2D eigenvalue weighted by Gasteiger charge is -2.26. The zero-order valence-electron chi connectivity index (χ0n) is 17.3. The van der Waals surface area contributed by atoms with Crippen LogP contribution in [0.3, 0.4) is 0 Å². The molecule has 2 fully saturated rings. The second-order valence-corrected chi connectivity index (χ2v) is 8.97. The summed E-state index contributed by atoms with van der Waals surface area (Å²) in [7, 11) is 3.52. The average molecular weight is 444 g/mol. The predicted octanol–water partition coefficient (Wildman–Crippen LogP) is 2.55. The molecule has 7 nitrogen and oxygen atoms in total. The van der Waals surface area contributed by atoms with Crippen molar-refractivity contribution < 1.29 is 9.53 Å². The van der Waals surface area contributed by atoms with E-state index in [0.717, 1.165) is 53.7 Å². The number of methoxy groups -OCH3 is 1. The fraction of sp³-hybridized carbons (Fsp3) is 0.381. The van der Waals surface area contributed by atoms with Crippen LogP contribution >= 0.6 is 24.0 Å². The van der Waals surface area contributed by atoms with E-state index in [1.807, 2.05) is 43.9 Å². The van der Waals surface area contributed by atoms with Crippen molar-refractivity contribution in [2.75, 3.05) is 36.6 Å². The molecule has 4 rings (SSSR count). The van der Waals surface area contributed by atoms with Crippen molar-refractivity contribution in [2.45, 2.75) is 13.5 Å². The topological polar surface area (TPSA) is 62.6 Å². The van der Waals surface area contributed by atoms with Gasteiger partial charge in [-0.25, -0.2) is 4.90 Å². The fourth-order valence-corrected chi connectivity index (χ4v) is 5.01. The highest BCUT2D eigenvalue weighted by molar-refractivity contribution is 7.99. The van der Waals surface area contributed by atoms with E-state index in [1.165, 1.54) is 4.90 Å². The van der Waals surface area contributed by atoms with Gasteiger partial charge in [-0.05, 0) is 42.9 Å². The van der Waals surface area contributed by atoms with Crippen molar-refractivity contribution in [3.8, 4) is 5.75 Å². The summed E-state index contributed by atoms with van der Waals surface area (Å²) < 4.78 is 7.24. The minimum atomic E-state index is -0.179. The smallest absolute Gasteiger partial charge is 0.281 e. The third-order valence-corrected chi connectivity index (χ3v) is 6.45. The van der Waals surface area contributed by atoms with Gasteiger partial charge < -0.3 is 10.1 Å². The molecule has 1 aromatic carbocycles. The van der Waals surface area contributed by atoms with Gasteiger partial charge in [0.25, 0.3) is 5.91 Å². The zero-order valence-corrected chi connectivity index (χ0v) is 19.0. The first-order valence-electron chi connectivity index (χ1n) is 9.80. The number of thioether (sulfide) groups is 1. The van der Waals surface area contributed by atoms with Crippen molar-refractivity contribution in [1.82, 2.24) is 20.0 Å². The largest absolute Gasteiger partial charge is 0.496 e. The summed E-state index contributed by atoms with van der Waals surface area (Å²) in [6.07, 6.45) is 3.64. The molecule has 9 heteroatoms.